The minimum Gasteiger partial charge on any atom is -0.493 e. The summed E-state index contributed by atoms with van der Waals surface area (Å²) in [5, 5.41) is 9.04. The van der Waals surface area contributed by atoms with Gasteiger partial charge in [0, 0.05) is 12.5 Å². The van der Waals surface area contributed by atoms with Crippen LogP contribution in [0.25, 0.3) is 0 Å². The van der Waals surface area contributed by atoms with Crippen LogP contribution in [0.4, 0.5) is 0 Å². The summed E-state index contributed by atoms with van der Waals surface area (Å²) in [5.74, 6) is -0.00224. The maximum atomic E-state index is 11.0. The van der Waals surface area contributed by atoms with Gasteiger partial charge in [-0.25, -0.2) is 0 Å². The van der Waals surface area contributed by atoms with Crippen molar-refractivity contribution in [2.75, 3.05) is 13.2 Å². The summed E-state index contributed by atoms with van der Waals surface area (Å²) in [5.41, 5.74) is 4.75. The molecule has 1 aromatic carbocycles. The van der Waals surface area contributed by atoms with Crippen molar-refractivity contribution in [2.24, 2.45) is 17.1 Å². The number of hydrogen-bond acceptors (Lipinski definition) is 3. The van der Waals surface area contributed by atoms with Crippen molar-refractivity contribution >= 4 is 5.97 Å². The van der Waals surface area contributed by atoms with Crippen molar-refractivity contribution in [2.45, 2.75) is 6.42 Å². The molecule has 3 N–H and O–H groups in total. The number of aliphatic carboxylic acids is 1. The maximum Gasteiger partial charge on any atom is 0.311 e. The molecule has 0 aliphatic heterocycles. The molecule has 0 bridgehead atoms. The molecule has 0 heterocycles. The maximum absolute atomic E-state index is 11.0. The first-order valence-corrected chi connectivity index (χ1v) is 5.30. The van der Waals surface area contributed by atoms with E-state index >= 15 is 0 Å². The molecular weight excluding hydrogens is 206 g/mol. The Hall–Kier alpha value is -1.55. The highest BCUT2D eigenvalue weighted by molar-refractivity contribution is 5.79. The van der Waals surface area contributed by atoms with Gasteiger partial charge in [0.2, 0.25) is 0 Å². The average molecular weight is 221 g/mol. The Morgan fingerprint density at radius 2 is 2.19 bits per heavy atom. The second-order valence-corrected chi connectivity index (χ2v) is 4.19. The van der Waals surface area contributed by atoms with Crippen molar-refractivity contribution in [3.8, 4) is 5.75 Å². The molecule has 0 spiro atoms. The fourth-order valence-corrected chi connectivity index (χ4v) is 1.91. The molecule has 1 aliphatic rings. The zero-order valence-corrected chi connectivity index (χ0v) is 8.93. The molecule has 1 saturated carbocycles. The highest BCUT2D eigenvalue weighted by Gasteiger charge is 2.59. The Balaban J connectivity index is 1.88. The molecule has 4 nitrogen and oxygen atoms in total. The normalized spacial score (nSPS) is 27.4. The third kappa shape index (κ3) is 1.88. The molecular formula is C12H15NO3. The number of benzene rings is 1. The zero-order valence-electron chi connectivity index (χ0n) is 8.93. The van der Waals surface area contributed by atoms with Gasteiger partial charge < -0.3 is 15.6 Å². The third-order valence-electron chi connectivity index (χ3n) is 3.22. The fourth-order valence-electron chi connectivity index (χ4n) is 1.91. The molecule has 1 aromatic rings. The van der Waals surface area contributed by atoms with E-state index in [2.05, 4.69) is 0 Å². The number of rotatable bonds is 5. The highest BCUT2D eigenvalue weighted by atomic mass is 16.5. The monoisotopic (exact) mass is 221 g/mol. The summed E-state index contributed by atoms with van der Waals surface area (Å²) >= 11 is 0. The Labute approximate surface area is 94.0 Å². The van der Waals surface area contributed by atoms with Crippen LogP contribution in [-0.2, 0) is 4.79 Å². The van der Waals surface area contributed by atoms with E-state index < -0.39 is 11.4 Å². The number of nitrogens with two attached hydrogens (primary N) is 1. The lowest BCUT2D eigenvalue weighted by molar-refractivity contribution is -0.143. The summed E-state index contributed by atoms with van der Waals surface area (Å²) in [7, 11) is 0. The minimum atomic E-state index is -0.809. The number of para-hydroxylation sites is 1. The molecule has 2 rings (SSSR count). The van der Waals surface area contributed by atoms with Gasteiger partial charge in [-0.15, -0.1) is 0 Å². The van der Waals surface area contributed by atoms with Gasteiger partial charge in [-0.2, -0.15) is 0 Å². The van der Waals surface area contributed by atoms with Crippen LogP contribution in [0.5, 0.6) is 5.75 Å². The first kappa shape index (κ1) is 11.0. The summed E-state index contributed by atoms with van der Waals surface area (Å²) < 4.78 is 5.52. The van der Waals surface area contributed by atoms with Crippen LogP contribution in [0, 0.1) is 11.3 Å². The Kier molecular flexibility index (Phi) is 2.83. The van der Waals surface area contributed by atoms with Crippen molar-refractivity contribution in [3.05, 3.63) is 30.3 Å². The van der Waals surface area contributed by atoms with Crippen LogP contribution in [-0.4, -0.2) is 24.2 Å². The molecule has 2 unspecified atom stereocenters. The first-order chi connectivity index (χ1) is 7.69. The fraction of sp³-hybridized carbons (Fsp3) is 0.417. The van der Waals surface area contributed by atoms with Crippen LogP contribution in [0.15, 0.2) is 30.3 Å². The molecule has 0 aromatic heterocycles. The Morgan fingerprint density at radius 1 is 1.50 bits per heavy atom. The third-order valence-corrected chi connectivity index (χ3v) is 3.22. The highest BCUT2D eigenvalue weighted by Crippen LogP contribution is 2.51. The second kappa shape index (κ2) is 4.14. The summed E-state index contributed by atoms with van der Waals surface area (Å²) in [6, 6.07) is 9.39. The van der Waals surface area contributed by atoms with E-state index in [0.29, 0.717) is 13.0 Å². The standard InChI is InChI=1S/C12H15NO3/c13-8-12(11(14)15)6-9(12)7-16-10-4-2-1-3-5-10/h1-5,9H,6-8,13H2,(H,14,15). The molecule has 0 radical (unpaired) electrons. The minimum absolute atomic E-state index is 0.0372. The number of ether oxygens (including phenoxy) is 1. The van der Waals surface area contributed by atoms with Gasteiger partial charge in [-0.1, -0.05) is 18.2 Å². The lowest BCUT2D eigenvalue weighted by Crippen LogP contribution is -2.28. The van der Waals surface area contributed by atoms with Gasteiger partial charge >= 0.3 is 5.97 Å². The predicted octanol–water partition coefficient (Wildman–Crippen LogP) is 1.11. The molecule has 2 atom stereocenters. The van der Waals surface area contributed by atoms with Crippen LogP contribution in [0.3, 0.4) is 0 Å². The van der Waals surface area contributed by atoms with Crippen LogP contribution >= 0.6 is 0 Å². The molecule has 16 heavy (non-hydrogen) atoms. The summed E-state index contributed by atoms with van der Waals surface area (Å²) in [6.07, 6.45) is 0.617. The SMILES string of the molecule is NCC1(C(=O)O)CC1COc1ccccc1. The van der Waals surface area contributed by atoms with Crippen molar-refractivity contribution in [1.29, 1.82) is 0 Å². The lowest BCUT2D eigenvalue weighted by Gasteiger charge is -2.10. The largest absolute Gasteiger partial charge is 0.493 e. The Bertz CT molecular complexity index is 379. The number of carboxylic acids is 1. The van der Waals surface area contributed by atoms with E-state index in [4.69, 9.17) is 15.6 Å². The van der Waals surface area contributed by atoms with E-state index in [9.17, 15) is 4.79 Å². The van der Waals surface area contributed by atoms with Gasteiger partial charge in [0.05, 0.1) is 12.0 Å². The van der Waals surface area contributed by atoms with Gasteiger partial charge in [-0.3, -0.25) is 4.79 Å². The molecule has 0 amide bonds. The number of hydrogen-bond donors (Lipinski definition) is 2. The van der Waals surface area contributed by atoms with Crippen molar-refractivity contribution in [3.63, 3.8) is 0 Å². The molecule has 4 heteroatoms. The van der Waals surface area contributed by atoms with E-state index in [-0.39, 0.29) is 12.5 Å². The molecule has 1 fully saturated rings. The summed E-state index contributed by atoms with van der Waals surface area (Å²) in [4.78, 5) is 11.0. The van der Waals surface area contributed by atoms with Gasteiger partial charge in [0.25, 0.3) is 0 Å². The molecule has 0 saturated heterocycles. The molecule has 1 aliphatic carbocycles. The quantitative estimate of drug-likeness (QED) is 0.781. The summed E-state index contributed by atoms with van der Waals surface area (Å²) in [6.45, 7) is 0.610. The van der Waals surface area contributed by atoms with Gasteiger partial charge in [0.1, 0.15) is 5.75 Å². The van der Waals surface area contributed by atoms with Crippen LogP contribution in [0.1, 0.15) is 6.42 Å². The predicted molar refractivity (Wildman–Crippen MR) is 59.2 cm³/mol. The average Bonchev–Trinajstić information content (AvgIpc) is 3.03. The lowest BCUT2D eigenvalue weighted by atomic mass is 10.1. The number of carboxylic acid groups (broad SMARTS) is 1. The number of carbonyl (C=O) groups is 1. The van der Waals surface area contributed by atoms with E-state index in [1.807, 2.05) is 30.3 Å². The molecule has 86 valence electrons. The van der Waals surface area contributed by atoms with Crippen molar-refractivity contribution in [1.82, 2.24) is 0 Å². The van der Waals surface area contributed by atoms with Crippen LogP contribution < -0.4 is 10.5 Å². The van der Waals surface area contributed by atoms with Gasteiger partial charge in [0.15, 0.2) is 0 Å². The smallest absolute Gasteiger partial charge is 0.311 e. The Morgan fingerprint density at radius 3 is 2.69 bits per heavy atom. The van der Waals surface area contributed by atoms with E-state index in [1.54, 1.807) is 0 Å². The van der Waals surface area contributed by atoms with Crippen molar-refractivity contribution < 1.29 is 14.6 Å². The topological polar surface area (TPSA) is 72.6 Å². The first-order valence-electron chi connectivity index (χ1n) is 5.30. The van der Waals surface area contributed by atoms with E-state index in [1.165, 1.54) is 0 Å². The zero-order chi connectivity index (χ0) is 11.6. The van der Waals surface area contributed by atoms with Gasteiger partial charge in [-0.05, 0) is 18.6 Å². The van der Waals surface area contributed by atoms with E-state index in [0.717, 1.165) is 5.75 Å². The van der Waals surface area contributed by atoms with Crippen LogP contribution in [0.2, 0.25) is 0 Å². The second-order valence-electron chi connectivity index (χ2n) is 4.19.